The summed E-state index contributed by atoms with van der Waals surface area (Å²) in [5.41, 5.74) is -0.825. The van der Waals surface area contributed by atoms with Crippen LogP contribution in [0.5, 0.6) is 5.75 Å². The zero-order valence-electron chi connectivity index (χ0n) is 20.0. The number of aliphatic hydroxyl groups excluding tert-OH is 2. The Bertz CT molecular complexity index is 763. The molecule has 0 aliphatic heterocycles. The summed E-state index contributed by atoms with van der Waals surface area (Å²) in [6.07, 6.45) is 8.98. The molecule has 0 spiro atoms. The third-order valence-corrected chi connectivity index (χ3v) is 5.95. The molecule has 2 rings (SSSR count). The van der Waals surface area contributed by atoms with E-state index >= 15 is 0 Å². The van der Waals surface area contributed by atoms with Crippen molar-refractivity contribution in [3.05, 3.63) is 54.6 Å². The van der Waals surface area contributed by atoms with E-state index in [9.17, 15) is 19.4 Å². The summed E-state index contributed by atoms with van der Waals surface area (Å²) in [6.45, 7) is 5.03. The van der Waals surface area contributed by atoms with Gasteiger partial charge in [-0.15, -0.1) is 0 Å². The fraction of sp³-hybridized carbons (Fsp3) is 0.593. The Morgan fingerprint density at radius 1 is 1.21 bits per heavy atom. The summed E-state index contributed by atoms with van der Waals surface area (Å²) in [7, 11) is 0. The standard InChI is InChI=1S/C27H39FO5/c1-20(2)33-26(31)14-10-5-4-9-13-22-23(25(30)17-24(22)29)15-16-27(3,18-28)19-32-21-11-7-6-8-12-21/h4,6-9,11-12,15-16,20,22-25,29-30H,5,10,13-14,17-19H2,1-3H3/b9-4-,16-15+. The number of halogens is 1. The minimum absolute atomic E-state index is 0.0996. The highest BCUT2D eigenvalue weighted by Crippen LogP contribution is 2.37. The van der Waals surface area contributed by atoms with Gasteiger partial charge in [-0.3, -0.25) is 9.18 Å². The number of carbonyl (C=O) groups is 1. The predicted molar refractivity (Wildman–Crippen MR) is 128 cm³/mol. The molecule has 33 heavy (non-hydrogen) atoms. The maximum absolute atomic E-state index is 13.8. The maximum Gasteiger partial charge on any atom is 0.306 e. The monoisotopic (exact) mass is 462 g/mol. The number of aliphatic hydroxyl groups is 2. The summed E-state index contributed by atoms with van der Waals surface area (Å²) in [6, 6.07) is 9.28. The molecular formula is C27H39FO5. The van der Waals surface area contributed by atoms with E-state index in [1.165, 1.54) is 0 Å². The van der Waals surface area contributed by atoms with Crippen molar-refractivity contribution < 1.29 is 28.9 Å². The van der Waals surface area contributed by atoms with E-state index in [0.717, 1.165) is 6.42 Å². The summed E-state index contributed by atoms with van der Waals surface area (Å²) < 4.78 is 24.7. The van der Waals surface area contributed by atoms with Gasteiger partial charge in [0.2, 0.25) is 0 Å². The lowest BCUT2D eigenvalue weighted by molar-refractivity contribution is -0.147. The molecule has 1 aliphatic rings. The number of hydrogen-bond acceptors (Lipinski definition) is 5. The third-order valence-electron chi connectivity index (χ3n) is 5.95. The van der Waals surface area contributed by atoms with Crippen molar-refractivity contribution >= 4 is 5.97 Å². The van der Waals surface area contributed by atoms with E-state index in [4.69, 9.17) is 9.47 Å². The maximum atomic E-state index is 13.8. The van der Waals surface area contributed by atoms with Crippen LogP contribution in [0.2, 0.25) is 0 Å². The van der Waals surface area contributed by atoms with E-state index in [1.807, 2.05) is 62.4 Å². The van der Waals surface area contributed by atoms with Crippen LogP contribution >= 0.6 is 0 Å². The first-order valence-electron chi connectivity index (χ1n) is 11.9. The lowest BCUT2D eigenvalue weighted by Crippen LogP contribution is -2.27. The number of esters is 1. The number of benzene rings is 1. The molecule has 1 saturated carbocycles. The van der Waals surface area contributed by atoms with Gasteiger partial charge in [0.25, 0.3) is 0 Å². The molecule has 0 radical (unpaired) electrons. The number of alkyl halides is 1. The lowest BCUT2D eigenvalue weighted by atomic mass is 9.86. The second kappa shape index (κ2) is 13.5. The fourth-order valence-corrected chi connectivity index (χ4v) is 4.00. The Labute approximate surface area is 197 Å². The molecular weight excluding hydrogens is 423 g/mol. The molecule has 5 unspecified atom stereocenters. The highest BCUT2D eigenvalue weighted by molar-refractivity contribution is 5.69. The molecule has 0 amide bonds. The molecule has 1 aromatic carbocycles. The average Bonchev–Trinajstić information content (AvgIpc) is 3.05. The second-order valence-electron chi connectivity index (χ2n) is 9.50. The van der Waals surface area contributed by atoms with Gasteiger partial charge in [-0.1, -0.05) is 49.4 Å². The second-order valence-corrected chi connectivity index (χ2v) is 9.50. The van der Waals surface area contributed by atoms with E-state index in [1.54, 1.807) is 13.0 Å². The van der Waals surface area contributed by atoms with Gasteiger partial charge >= 0.3 is 5.97 Å². The molecule has 1 aromatic rings. The van der Waals surface area contributed by atoms with Gasteiger partial charge in [0.05, 0.1) is 24.9 Å². The zero-order valence-corrected chi connectivity index (χ0v) is 20.0. The van der Waals surface area contributed by atoms with Gasteiger partial charge in [-0.25, -0.2) is 0 Å². The molecule has 0 saturated heterocycles. The molecule has 184 valence electrons. The SMILES string of the molecule is CC(C)OC(=O)CCC/C=C\CC1C(O)CC(O)C1/C=C/C(C)(CF)COc1ccccc1. The number of para-hydroxylation sites is 1. The van der Waals surface area contributed by atoms with E-state index in [0.29, 0.717) is 31.4 Å². The fourth-order valence-electron chi connectivity index (χ4n) is 4.00. The molecule has 0 aromatic heterocycles. The van der Waals surface area contributed by atoms with Gasteiger partial charge in [0, 0.05) is 24.2 Å². The van der Waals surface area contributed by atoms with Gasteiger partial charge in [0.15, 0.2) is 0 Å². The number of allylic oxidation sites excluding steroid dienone is 2. The largest absolute Gasteiger partial charge is 0.493 e. The van der Waals surface area contributed by atoms with Crippen LogP contribution in [0.1, 0.15) is 52.9 Å². The van der Waals surface area contributed by atoms with E-state index in [-0.39, 0.29) is 30.5 Å². The van der Waals surface area contributed by atoms with Gasteiger partial charge < -0.3 is 19.7 Å². The summed E-state index contributed by atoms with van der Waals surface area (Å²) in [5.74, 6) is 0.0954. The normalized spacial score (nSPS) is 25.1. The predicted octanol–water partition coefficient (Wildman–Crippen LogP) is 5.02. The number of hydrogen-bond donors (Lipinski definition) is 2. The van der Waals surface area contributed by atoms with Crippen LogP contribution in [-0.2, 0) is 9.53 Å². The highest BCUT2D eigenvalue weighted by Gasteiger charge is 2.39. The van der Waals surface area contributed by atoms with Crippen LogP contribution in [0, 0.1) is 17.3 Å². The average molecular weight is 463 g/mol. The quantitative estimate of drug-likeness (QED) is 0.244. The molecule has 1 aliphatic carbocycles. The van der Waals surface area contributed by atoms with Crippen molar-refractivity contribution in [2.75, 3.05) is 13.3 Å². The molecule has 5 nitrogen and oxygen atoms in total. The van der Waals surface area contributed by atoms with Crippen LogP contribution in [0.25, 0.3) is 0 Å². The van der Waals surface area contributed by atoms with Crippen molar-refractivity contribution in [2.24, 2.45) is 17.3 Å². The minimum atomic E-state index is -0.825. The van der Waals surface area contributed by atoms with Crippen molar-refractivity contribution in [3.8, 4) is 5.75 Å². The lowest BCUT2D eigenvalue weighted by Gasteiger charge is -2.25. The molecule has 5 atom stereocenters. The van der Waals surface area contributed by atoms with E-state index in [2.05, 4.69) is 0 Å². The number of ether oxygens (including phenoxy) is 2. The van der Waals surface area contributed by atoms with Crippen LogP contribution in [-0.4, -0.2) is 47.8 Å². The summed E-state index contributed by atoms with van der Waals surface area (Å²) in [4.78, 5) is 11.6. The van der Waals surface area contributed by atoms with Crippen LogP contribution in [0.3, 0.4) is 0 Å². The Morgan fingerprint density at radius 2 is 1.94 bits per heavy atom. The number of unbranched alkanes of at least 4 members (excludes halogenated alkanes) is 1. The minimum Gasteiger partial charge on any atom is -0.493 e. The first-order valence-corrected chi connectivity index (χ1v) is 11.9. The highest BCUT2D eigenvalue weighted by atomic mass is 19.1. The third kappa shape index (κ3) is 9.30. The first-order chi connectivity index (χ1) is 15.7. The molecule has 0 heterocycles. The van der Waals surface area contributed by atoms with Crippen LogP contribution < -0.4 is 4.74 Å². The van der Waals surface area contributed by atoms with Crippen LogP contribution in [0.4, 0.5) is 4.39 Å². The van der Waals surface area contributed by atoms with Gasteiger partial charge in [0.1, 0.15) is 12.4 Å². The molecule has 1 fully saturated rings. The first kappa shape index (κ1) is 27.1. The molecule has 2 N–H and O–H groups in total. The van der Waals surface area contributed by atoms with Crippen molar-refractivity contribution in [1.82, 2.24) is 0 Å². The number of carbonyl (C=O) groups excluding carboxylic acids is 1. The summed E-state index contributed by atoms with van der Waals surface area (Å²) in [5, 5.41) is 20.9. The Kier molecular flexibility index (Phi) is 11.1. The number of rotatable bonds is 13. The van der Waals surface area contributed by atoms with E-state index < -0.39 is 24.3 Å². The Hall–Kier alpha value is -2.18. The Balaban J connectivity index is 1.88. The van der Waals surface area contributed by atoms with Crippen LogP contribution in [0.15, 0.2) is 54.6 Å². The Morgan fingerprint density at radius 3 is 2.61 bits per heavy atom. The summed E-state index contributed by atoms with van der Waals surface area (Å²) >= 11 is 0. The zero-order chi connectivity index (χ0) is 24.3. The van der Waals surface area contributed by atoms with Gasteiger partial charge in [-0.05, 0) is 51.2 Å². The molecule has 6 heteroatoms. The smallest absolute Gasteiger partial charge is 0.306 e. The topological polar surface area (TPSA) is 76.0 Å². The van der Waals surface area contributed by atoms with Crippen molar-refractivity contribution in [1.29, 1.82) is 0 Å². The van der Waals surface area contributed by atoms with Crippen molar-refractivity contribution in [2.45, 2.75) is 71.2 Å². The van der Waals surface area contributed by atoms with Crippen molar-refractivity contribution in [3.63, 3.8) is 0 Å². The van der Waals surface area contributed by atoms with Gasteiger partial charge in [-0.2, -0.15) is 0 Å². The molecule has 0 bridgehead atoms.